The second-order valence-corrected chi connectivity index (χ2v) is 9.12. The summed E-state index contributed by atoms with van der Waals surface area (Å²) in [5, 5.41) is 8.22. The Morgan fingerprint density at radius 2 is 1.88 bits per heavy atom. The number of fused-ring (bicyclic) bond motifs is 4. The quantitative estimate of drug-likeness (QED) is 0.559. The number of benzene rings is 2. The Morgan fingerprint density at radius 1 is 1.04 bits per heavy atom. The van der Waals surface area contributed by atoms with E-state index in [0.29, 0.717) is 6.42 Å². The zero-order valence-corrected chi connectivity index (χ0v) is 15.8. The van der Waals surface area contributed by atoms with Crippen molar-refractivity contribution in [3.05, 3.63) is 69.9 Å². The van der Waals surface area contributed by atoms with Crippen LogP contribution in [0.3, 0.4) is 0 Å². The molecule has 3 aromatic rings. The molecule has 130 valence electrons. The Kier molecular flexibility index (Phi) is 3.38. The van der Waals surface area contributed by atoms with E-state index in [4.69, 9.17) is 0 Å². The van der Waals surface area contributed by atoms with Crippen molar-refractivity contribution >= 4 is 39.2 Å². The van der Waals surface area contributed by atoms with E-state index in [1.165, 1.54) is 21.2 Å². The van der Waals surface area contributed by atoms with Crippen LogP contribution in [0.25, 0.3) is 16.3 Å². The predicted molar refractivity (Wildman–Crippen MR) is 110 cm³/mol. The molecule has 0 amide bonds. The third-order valence-corrected chi connectivity index (χ3v) is 6.50. The van der Waals surface area contributed by atoms with Crippen LogP contribution in [-0.4, -0.2) is 5.78 Å². The molecule has 1 aliphatic heterocycles. The molecule has 26 heavy (non-hydrogen) atoms. The SMILES string of the molecule is CC1(C)CC(=O)C2=C(C1)[C@H](c1cccs1)Nc1ccc3ccccc3c12. The maximum atomic E-state index is 13.3. The minimum Gasteiger partial charge on any atom is -0.373 e. The summed E-state index contributed by atoms with van der Waals surface area (Å²) in [6.45, 7) is 4.41. The molecule has 0 unspecified atom stereocenters. The average Bonchev–Trinajstić information content (AvgIpc) is 3.14. The van der Waals surface area contributed by atoms with Gasteiger partial charge in [-0.25, -0.2) is 0 Å². The number of allylic oxidation sites excluding steroid dienone is 1. The van der Waals surface area contributed by atoms with Gasteiger partial charge in [-0.2, -0.15) is 0 Å². The van der Waals surface area contributed by atoms with Gasteiger partial charge in [-0.05, 0) is 45.7 Å². The number of carbonyl (C=O) groups excluding carboxylic acids is 1. The van der Waals surface area contributed by atoms with Gasteiger partial charge in [-0.15, -0.1) is 11.3 Å². The van der Waals surface area contributed by atoms with Crippen LogP contribution in [0, 0.1) is 5.41 Å². The fourth-order valence-electron chi connectivity index (χ4n) is 4.52. The van der Waals surface area contributed by atoms with Crippen molar-refractivity contribution < 1.29 is 4.79 Å². The minimum atomic E-state index is 0.00912. The van der Waals surface area contributed by atoms with E-state index in [9.17, 15) is 4.79 Å². The van der Waals surface area contributed by atoms with E-state index in [0.717, 1.165) is 23.2 Å². The monoisotopic (exact) mass is 359 g/mol. The van der Waals surface area contributed by atoms with E-state index in [-0.39, 0.29) is 17.2 Å². The number of thiophene rings is 1. The van der Waals surface area contributed by atoms with E-state index in [1.54, 1.807) is 11.3 Å². The standard InChI is InChI=1S/C23H21NOS/c1-23(2)12-16-21(18(25)13-23)20-15-7-4-3-6-14(15)9-10-17(20)24-22(16)19-8-5-11-26-19/h3-11,22,24H,12-13H2,1-2H3/t22-/m1/s1. The molecule has 5 rings (SSSR count). The number of ketones is 1. The predicted octanol–water partition coefficient (Wildman–Crippen LogP) is 6.21. The van der Waals surface area contributed by atoms with Gasteiger partial charge in [0.25, 0.3) is 0 Å². The Balaban J connectivity index is 1.83. The van der Waals surface area contributed by atoms with Crippen LogP contribution >= 0.6 is 11.3 Å². The maximum absolute atomic E-state index is 13.3. The van der Waals surface area contributed by atoms with Gasteiger partial charge in [0.1, 0.15) is 0 Å². The Morgan fingerprint density at radius 3 is 2.69 bits per heavy atom. The molecule has 2 aliphatic rings. The Labute approximate surface area is 157 Å². The molecule has 0 radical (unpaired) electrons. The molecule has 1 atom stereocenters. The number of carbonyl (C=O) groups is 1. The van der Waals surface area contributed by atoms with Gasteiger partial charge in [0, 0.05) is 28.1 Å². The van der Waals surface area contributed by atoms with E-state index < -0.39 is 0 Å². The van der Waals surface area contributed by atoms with Crippen molar-refractivity contribution in [2.24, 2.45) is 5.41 Å². The lowest BCUT2D eigenvalue weighted by Gasteiger charge is -2.40. The molecular weight excluding hydrogens is 338 g/mol. The molecule has 2 aromatic carbocycles. The summed E-state index contributed by atoms with van der Waals surface area (Å²) >= 11 is 1.76. The van der Waals surface area contributed by atoms with Gasteiger partial charge in [-0.1, -0.05) is 50.2 Å². The number of nitrogens with one attached hydrogen (secondary N) is 1. The van der Waals surface area contributed by atoms with Crippen LogP contribution < -0.4 is 5.32 Å². The molecule has 0 saturated heterocycles. The summed E-state index contributed by atoms with van der Waals surface area (Å²) < 4.78 is 0. The van der Waals surface area contributed by atoms with Crippen molar-refractivity contribution in [1.82, 2.24) is 0 Å². The molecule has 0 fully saturated rings. The van der Waals surface area contributed by atoms with Crippen molar-refractivity contribution in [2.75, 3.05) is 5.32 Å². The van der Waals surface area contributed by atoms with E-state index >= 15 is 0 Å². The van der Waals surface area contributed by atoms with Crippen LogP contribution in [0.1, 0.15) is 43.2 Å². The summed E-state index contributed by atoms with van der Waals surface area (Å²) in [6, 6.07) is 17.0. The van der Waals surface area contributed by atoms with Gasteiger partial charge in [-0.3, -0.25) is 4.79 Å². The van der Waals surface area contributed by atoms with Crippen LogP contribution in [-0.2, 0) is 4.79 Å². The zero-order valence-electron chi connectivity index (χ0n) is 15.0. The van der Waals surface area contributed by atoms with Gasteiger partial charge in [0.2, 0.25) is 0 Å². The average molecular weight is 359 g/mol. The highest BCUT2D eigenvalue weighted by atomic mass is 32.1. The summed E-state index contributed by atoms with van der Waals surface area (Å²) in [7, 11) is 0. The second kappa shape index (κ2) is 5.55. The van der Waals surface area contributed by atoms with Crippen molar-refractivity contribution in [3.8, 4) is 0 Å². The van der Waals surface area contributed by atoms with Gasteiger partial charge in [0.05, 0.1) is 6.04 Å². The van der Waals surface area contributed by atoms with Crippen LogP contribution in [0.2, 0.25) is 0 Å². The number of hydrogen-bond acceptors (Lipinski definition) is 3. The molecule has 0 saturated carbocycles. The number of Topliss-reactive ketones (excluding diaryl/α,β-unsaturated/α-hetero) is 1. The first kappa shape index (κ1) is 15.8. The Bertz CT molecular complexity index is 1060. The van der Waals surface area contributed by atoms with E-state index in [2.05, 4.69) is 73.1 Å². The molecule has 3 heteroatoms. The lowest BCUT2D eigenvalue weighted by Crippen LogP contribution is -2.32. The van der Waals surface area contributed by atoms with Crippen LogP contribution in [0.15, 0.2) is 59.5 Å². The third-order valence-electron chi connectivity index (χ3n) is 5.56. The molecule has 0 spiro atoms. The molecular formula is C23H21NOS. The molecule has 1 aliphatic carbocycles. The number of anilines is 1. The molecule has 0 bridgehead atoms. The smallest absolute Gasteiger partial charge is 0.164 e. The highest BCUT2D eigenvalue weighted by Crippen LogP contribution is 2.52. The lowest BCUT2D eigenvalue weighted by atomic mass is 9.68. The normalized spacial score (nSPS) is 21.3. The maximum Gasteiger partial charge on any atom is 0.164 e. The van der Waals surface area contributed by atoms with Gasteiger partial charge >= 0.3 is 0 Å². The fraction of sp³-hybridized carbons (Fsp3) is 0.261. The molecule has 2 heterocycles. The second-order valence-electron chi connectivity index (χ2n) is 8.14. The first-order chi connectivity index (χ1) is 12.5. The largest absolute Gasteiger partial charge is 0.373 e. The van der Waals surface area contributed by atoms with Crippen LogP contribution in [0.5, 0.6) is 0 Å². The van der Waals surface area contributed by atoms with Gasteiger partial charge in [0.15, 0.2) is 5.78 Å². The molecule has 1 N–H and O–H groups in total. The molecule has 1 aromatic heterocycles. The Hall–Kier alpha value is -2.39. The topological polar surface area (TPSA) is 29.1 Å². The van der Waals surface area contributed by atoms with Crippen molar-refractivity contribution in [2.45, 2.75) is 32.7 Å². The summed E-state index contributed by atoms with van der Waals surface area (Å²) in [5.74, 6) is 0.289. The summed E-state index contributed by atoms with van der Waals surface area (Å²) in [4.78, 5) is 14.6. The van der Waals surface area contributed by atoms with E-state index in [1.807, 2.05) is 0 Å². The summed E-state index contributed by atoms with van der Waals surface area (Å²) in [6.07, 6.45) is 1.57. The summed E-state index contributed by atoms with van der Waals surface area (Å²) in [5.41, 5.74) is 4.42. The lowest BCUT2D eigenvalue weighted by molar-refractivity contribution is -0.116. The highest BCUT2D eigenvalue weighted by molar-refractivity contribution is 7.10. The zero-order chi connectivity index (χ0) is 17.9. The number of hydrogen-bond donors (Lipinski definition) is 1. The van der Waals surface area contributed by atoms with Gasteiger partial charge < -0.3 is 5.32 Å². The molecule has 2 nitrogen and oxygen atoms in total. The minimum absolute atomic E-state index is 0.00912. The van der Waals surface area contributed by atoms with Crippen LogP contribution in [0.4, 0.5) is 5.69 Å². The first-order valence-corrected chi connectivity index (χ1v) is 10.00. The highest BCUT2D eigenvalue weighted by Gasteiger charge is 2.40. The van der Waals surface area contributed by atoms with Crippen molar-refractivity contribution in [1.29, 1.82) is 0 Å². The third kappa shape index (κ3) is 2.34. The first-order valence-electron chi connectivity index (χ1n) is 9.12. The number of rotatable bonds is 1. The van der Waals surface area contributed by atoms with Crippen molar-refractivity contribution in [3.63, 3.8) is 0 Å². The fourth-order valence-corrected chi connectivity index (χ4v) is 5.33.